The van der Waals surface area contributed by atoms with Crippen molar-refractivity contribution in [3.8, 4) is 0 Å². The van der Waals surface area contributed by atoms with Crippen LogP contribution in [-0.4, -0.2) is 23.0 Å². The van der Waals surface area contributed by atoms with E-state index in [0.717, 1.165) is 6.42 Å². The summed E-state index contributed by atoms with van der Waals surface area (Å²) in [5.74, 6) is -0.553. The summed E-state index contributed by atoms with van der Waals surface area (Å²) in [5.41, 5.74) is 2.12. The molecule has 1 heterocycles. The molecule has 2 atom stereocenters. The molecule has 0 aliphatic heterocycles. The highest BCUT2D eigenvalue weighted by atomic mass is 35.5. The van der Waals surface area contributed by atoms with Crippen LogP contribution >= 0.6 is 11.6 Å². The number of ether oxygens (including phenoxy) is 1. The lowest BCUT2D eigenvalue weighted by Gasteiger charge is -2.14. The lowest BCUT2D eigenvalue weighted by atomic mass is 9.99. The zero-order valence-electron chi connectivity index (χ0n) is 14.5. The first-order chi connectivity index (χ1) is 11.9. The standard InChI is InChI=1S/C19H21ClN2O3/c1-4-12(2)14-5-8-16(9-6-14)22-18(23)13(3)25-19(24)15-7-10-17(20)21-11-15/h5-13H,4H2,1-3H3,(H,22,23)/t12-,13-/m1/s1. The SMILES string of the molecule is CC[C@@H](C)c1ccc(NC(=O)[C@@H](C)OC(=O)c2ccc(Cl)nc2)cc1. The quantitative estimate of drug-likeness (QED) is 0.611. The highest BCUT2D eigenvalue weighted by Gasteiger charge is 2.19. The van der Waals surface area contributed by atoms with Crippen LogP contribution in [0.3, 0.4) is 0 Å². The largest absolute Gasteiger partial charge is 0.449 e. The smallest absolute Gasteiger partial charge is 0.340 e. The van der Waals surface area contributed by atoms with Gasteiger partial charge in [0.05, 0.1) is 5.56 Å². The van der Waals surface area contributed by atoms with Crippen LogP contribution in [0, 0.1) is 0 Å². The number of nitrogens with zero attached hydrogens (tertiary/aromatic N) is 1. The first kappa shape index (κ1) is 18.9. The monoisotopic (exact) mass is 360 g/mol. The van der Waals surface area contributed by atoms with Crippen LogP contribution in [0.5, 0.6) is 0 Å². The number of aromatic nitrogens is 1. The third-order valence-electron chi connectivity index (χ3n) is 3.98. The summed E-state index contributed by atoms with van der Waals surface area (Å²) >= 11 is 5.68. The van der Waals surface area contributed by atoms with E-state index in [1.807, 2.05) is 24.3 Å². The van der Waals surface area contributed by atoms with Crippen LogP contribution in [0.15, 0.2) is 42.6 Å². The van der Waals surface area contributed by atoms with E-state index in [1.54, 1.807) is 0 Å². The second-order valence-electron chi connectivity index (χ2n) is 5.84. The Kier molecular flexibility index (Phi) is 6.53. The number of esters is 1. The average Bonchev–Trinajstić information content (AvgIpc) is 2.62. The average molecular weight is 361 g/mol. The number of halogens is 1. The zero-order chi connectivity index (χ0) is 18.4. The molecule has 2 rings (SSSR count). The van der Waals surface area contributed by atoms with Gasteiger partial charge in [0, 0.05) is 11.9 Å². The van der Waals surface area contributed by atoms with Crippen LogP contribution in [0.25, 0.3) is 0 Å². The van der Waals surface area contributed by atoms with E-state index in [1.165, 1.54) is 30.8 Å². The summed E-state index contributed by atoms with van der Waals surface area (Å²) in [5, 5.41) is 3.02. The maximum Gasteiger partial charge on any atom is 0.340 e. The number of anilines is 1. The van der Waals surface area contributed by atoms with Gasteiger partial charge in [-0.15, -0.1) is 0 Å². The highest BCUT2D eigenvalue weighted by molar-refractivity contribution is 6.29. The van der Waals surface area contributed by atoms with Crippen LogP contribution < -0.4 is 5.32 Å². The highest BCUT2D eigenvalue weighted by Crippen LogP contribution is 2.20. The molecule has 0 bridgehead atoms. The number of carbonyl (C=O) groups excluding carboxylic acids is 2. The molecule has 5 nitrogen and oxygen atoms in total. The van der Waals surface area contributed by atoms with Gasteiger partial charge in [0.15, 0.2) is 6.10 Å². The van der Waals surface area contributed by atoms with Crippen molar-refractivity contribution in [2.24, 2.45) is 0 Å². The maximum atomic E-state index is 12.2. The lowest BCUT2D eigenvalue weighted by molar-refractivity contribution is -0.123. The maximum absolute atomic E-state index is 12.2. The third-order valence-corrected chi connectivity index (χ3v) is 4.20. The molecule has 2 aromatic rings. The summed E-state index contributed by atoms with van der Waals surface area (Å²) in [6.45, 7) is 5.80. The first-order valence-corrected chi connectivity index (χ1v) is 8.51. The van der Waals surface area contributed by atoms with Gasteiger partial charge in [-0.2, -0.15) is 0 Å². The molecule has 0 aliphatic carbocycles. The topological polar surface area (TPSA) is 68.3 Å². The van der Waals surface area contributed by atoms with Gasteiger partial charge in [0.1, 0.15) is 5.15 Å². The van der Waals surface area contributed by atoms with Crippen LogP contribution in [0.4, 0.5) is 5.69 Å². The van der Waals surface area contributed by atoms with Crippen molar-refractivity contribution >= 4 is 29.2 Å². The molecule has 0 unspecified atom stereocenters. The molecule has 0 saturated heterocycles. The number of carbonyl (C=O) groups is 2. The molecule has 1 aromatic heterocycles. The summed E-state index contributed by atoms with van der Waals surface area (Å²) in [4.78, 5) is 28.0. The minimum Gasteiger partial charge on any atom is -0.449 e. The molecule has 1 N–H and O–H groups in total. The van der Waals surface area contributed by atoms with Gasteiger partial charge in [-0.05, 0) is 49.1 Å². The van der Waals surface area contributed by atoms with Crippen LogP contribution in [0.2, 0.25) is 5.15 Å². The van der Waals surface area contributed by atoms with Gasteiger partial charge in [-0.3, -0.25) is 4.79 Å². The molecule has 0 fully saturated rings. The summed E-state index contributed by atoms with van der Waals surface area (Å²) in [6.07, 6.45) is 1.43. The Hall–Kier alpha value is -2.40. The van der Waals surface area contributed by atoms with Gasteiger partial charge in [0.25, 0.3) is 5.91 Å². The molecular weight excluding hydrogens is 340 g/mol. The fourth-order valence-electron chi connectivity index (χ4n) is 2.15. The van der Waals surface area contributed by atoms with Gasteiger partial charge in [0.2, 0.25) is 0 Å². The van der Waals surface area contributed by atoms with Gasteiger partial charge in [-0.25, -0.2) is 9.78 Å². The van der Waals surface area contributed by atoms with Crippen LogP contribution in [0.1, 0.15) is 49.0 Å². The lowest BCUT2D eigenvalue weighted by Crippen LogP contribution is -2.30. The Morgan fingerprint density at radius 1 is 1.16 bits per heavy atom. The van der Waals surface area contributed by atoms with Crippen LogP contribution in [-0.2, 0) is 9.53 Å². The molecular formula is C19H21ClN2O3. The summed E-state index contributed by atoms with van der Waals surface area (Å²) < 4.78 is 5.16. The van der Waals surface area contributed by atoms with E-state index in [4.69, 9.17) is 16.3 Å². The molecule has 0 spiro atoms. The Bertz CT molecular complexity index is 729. The van der Waals surface area contributed by atoms with E-state index in [-0.39, 0.29) is 10.7 Å². The van der Waals surface area contributed by atoms with E-state index in [0.29, 0.717) is 11.6 Å². The minimum atomic E-state index is -0.933. The predicted molar refractivity (Wildman–Crippen MR) is 97.9 cm³/mol. The Balaban J connectivity index is 1.93. The molecule has 1 aromatic carbocycles. The minimum absolute atomic E-state index is 0.238. The van der Waals surface area contributed by atoms with Crippen molar-refractivity contribution in [2.75, 3.05) is 5.32 Å². The Labute approximate surface area is 152 Å². The van der Waals surface area contributed by atoms with Crippen molar-refractivity contribution in [1.82, 2.24) is 4.98 Å². The Morgan fingerprint density at radius 3 is 2.40 bits per heavy atom. The molecule has 0 aliphatic rings. The second kappa shape index (κ2) is 8.62. The number of nitrogens with one attached hydrogen (secondary N) is 1. The fourth-order valence-corrected chi connectivity index (χ4v) is 2.27. The molecule has 25 heavy (non-hydrogen) atoms. The molecule has 132 valence electrons. The zero-order valence-corrected chi connectivity index (χ0v) is 15.2. The number of benzene rings is 1. The fraction of sp³-hybridized carbons (Fsp3) is 0.316. The first-order valence-electron chi connectivity index (χ1n) is 8.14. The van der Waals surface area contributed by atoms with E-state index < -0.39 is 18.0 Å². The second-order valence-corrected chi connectivity index (χ2v) is 6.22. The third kappa shape index (κ3) is 5.29. The summed E-state index contributed by atoms with van der Waals surface area (Å²) in [6, 6.07) is 10.6. The van der Waals surface area contributed by atoms with Gasteiger partial charge < -0.3 is 10.1 Å². The number of rotatable bonds is 6. The van der Waals surface area contributed by atoms with E-state index in [2.05, 4.69) is 24.1 Å². The van der Waals surface area contributed by atoms with E-state index >= 15 is 0 Å². The molecule has 1 amide bonds. The van der Waals surface area contributed by atoms with Crippen molar-refractivity contribution < 1.29 is 14.3 Å². The number of hydrogen-bond acceptors (Lipinski definition) is 4. The van der Waals surface area contributed by atoms with Crippen molar-refractivity contribution in [3.05, 3.63) is 58.9 Å². The summed E-state index contributed by atoms with van der Waals surface area (Å²) in [7, 11) is 0. The van der Waals surface area contributed by atoms with E-state index in [9.17, 15) is 9.59 Å². The van der Waals surface area contributed by atoms with Crippen molar-refractivity contribution in [2.45, 2.75) is 39.2 Å². The van der Waals surface area contributed by atoms with Gasteiger partial charge >= 0.3 is 5.97 Å². The van der Waals surface area contributed by atoms with Gasteiger partial charge in [-0.1, -0.05) is 37.6 Å². The van der Waals surface area contributed by atoms with Crippen molar-refractivity contribution in [1.29, 1.82) is 0 Å². The Morgan fingerprint density at radius 2 is 1.84 bits per heavy atom. The molecule has 0 saturated carbocycles. The number of amides is 1. The molecule has 6 heteroatoms. The predicted octanol–water partition coefficient (Wildman–Crippen LogP) is 4.43. The molecule has 0 radical (unpaired) electrons. The normalized spacial score (nSPS) is 13.0. The number of hydrogen-bond donors (Lipinski definition) is 1. The van der Waals surface area contributed by atoms with Crippen molar-refractivity contribution in [3.63, 3.8) is 0 Å². The number of pyridine rings is 1.